The zero-order chi connectivity index (χ0) is 34.9. The molecule has 0 aliphatic heterocycles. The zero-order valence-corrected chi connectivity index (χ0v) is 31.6. The molecule has 278 valence electrons. The molecule has 0 N–H and O–H groups in total. The van der Waals surface area contributed by atoms with Gasteiger partial charge in [-0.15, -0.1) is 0 Å². The molecule has 1 aromatic rings. The van der Waals surface area contributed by atoms with Gasteiger partial charge < -0.3 is 23.8 Å². The number of hydrogen-bond donors (Lipinski definition) is 0. The van der Waals surface area contributed by atoms with Crippen LogP contribution in [0.5, 0.6) is 11.5 Å². The third kappa shape index (κ3) is 27.6. The number of esters is 2. The minimum atomic E-state index is -0.0330. The fourth-order valence-corrected chi connectivity index (χ4v) is 5.72. The Labute approximate surface area is 295 Å². The van der Waals surface area contributed by atoms with Gasteiger partial charge in [-0.3, -0.25) is 9.59 Å². The second-order valence-electron chi connectivity index (χ2n) is 13.8. The number of carbonyl (C=O) groups is 2. The molecular weight excluding hydrogens is 602 g/mol. The van der Waals surface area contributed by atoms with E-state index < -0.39 is 0 Å². The van der Waals surface area contributed by atoms with Gasteiger partial charge in [0.25, 0.3) is 0 Å². The number of rotatable bonds is 34. The van der Waals surface area contributed by atoms with Crippen LogP contribution in [0.15, 0.2) is 18.2 Å². The highest BCUT2D eigenvalue weighted by atomic mass is 16.5. The Kier molecular flexibility index (Phi) is 29.1. The Balaban J connectivity index is 2.13. The molecule has 0 aliphatic carbocycles. The Morgan fingerprint density at radius 2 is 0.833 bits per heavy atom. The molecule has 0 bridgehead atoms. The molecular formula is C41H73NO6. The lowest BCUT2D eigenvalue weighted by molar-refractivity contribution is -0.144. The highest BCUT2D eigenvalue weighted by Crippen LogP contribution is 2.25. The summed E-state index contributed by atoms with van der Waals surface area (Å²) in [7, 11) is 4.15. The maximum atomic E-state index is 11.8. The number of benzene rings is 1. The average molecular weight is 676 g/mol. The van der Waals surface area contributed by atoms with E-state index in [1.165, 1.54) is 69.8 Å². The summed E-state index contributed by atoms with van der Waals surface area (Å²) in [4.78, 5) is 25.8. The van der Waals surface area contributed by atoms with Crippen LogP contribution in [0.2, 0.25) is 0 Å². The van der Waals surface area contributed by atoms with Gasteiger partial charge in [-0.2, -0.15) is 0 Å². The summed E-state index contributed by atoms with van der Waals surface area (Å²) in [5.74, 6) is 1.70. The molecule has 0 saturated carbocycles. The fraction of sp³-hybridized carbons (Fsp3) is 0.805. The van der Waals surface area contributed by atoms with Crippen molar-refractivity contribution >= 4 is 11.9 Å². The van der Waals surface area contributed by atoms with E-state index in [0.717, 1.165) is 95.1 Å². The first kappa shape index (κ1) is 43.7. The highest BCUT2D eigenvalue weighted by Gasteiger charge is 2.07. The van der Waals surface area contributed by atoms with E-state index in [1.54, 1.807) is 0 Å². The van der Waals surface area contributed by atoms with Crippen molar-refractivity contribution in [2.24, 2.45) is 0 Å². The summed E-state index contributed by atoms with van der Waals surface area (Å²) in [6.07, 6.45) is 25.9. The van der Waals surface area contributed by atoms with Crippen LogP contribution in [0.4, 0.5) is 0 Å². The molecule has 0 unspecified atom stereocenters. The highest BCUT2D eigenvalue weighted by molar-refractivity contribution is 5.69. The van der Waals surface area contributed by atoms with Crippen LogP contribution in [0.3, 0.4) is 0 Å². The molecule has 0 amide bonds. The number of nitrogens with zero attached hydrogens (tertiary/aromatic N) is 1. The van der Waals surface area contributed by atoms with E-state index in [0.29, 0.717) is 39.3 Å². The minimum absolute atomic E-state index is 0.0330. The van der Waals surface area contributed by atoms with Gasteiger partial charge in [0.15, 0.2) is 0 Å². The molecule has 0 saturated heterocycles. The quantitative estimate of drug-likeness (QED) is 0.0531. The molecule has 0 aliphatic rings. The maximum Gasteiger partial charge on any atom is 0.305 e. The largest absolute Gasteiger partial charge is 0.493 e. The van der Waals surface area contributed by atoms with Gasteiger partial charge in [-0.05, 0) is 70.3 Å². The van der Waals surface area contributed by atoms with Crippen molar-refractivity contribution in [3.05, 3.63) is 23.8 Å². The fourth-order valence-electron chi connectivity index (χ4n) is 5.72. The van der Waals surface area contributed by atoms with Gasteiger partial charge in [-0.1, -0.05) is 117 Å². The lowest BCUT2D eigenvalue weighted by Gasteiger charge is -2.15. The van der Waals surface area contributed by atoms with Crippen molar-refractivity contribution in [1.82, 2.24) is 4.90 Å². The van der Waals surface area contributed by atoms with Crippen molar-refractivity contribution in [1.29, 1.82) is 0 Å². The van der Waals surface area contributed by atoms with Gasteiger partial charge in [0, 0.05) is 25.5 Å². The monoisotopic (exact) mass is 676 g/mol. The molecule has 0 aromatic heterocycles. The Bertz CT molecular complexity index is 841. The summed E-state index contributed by atoms with van der Waals surface area (Å²) in [6.45, 7) is 7.78. The summed E-state index contributed by atoms with van der Waals surface area (Å²) in [5, 5.41) is 0. The molecule has 0 radical (unpaired) electrons. The molecule has 0 fully saturated rings. The van der Waals surface area contributed by atoms with Crippen LogP contribution in [-0.4, -0.2) is 57.4 Å². The van der Waals surface area contributed by atoms with Gasteiger partial charge in [-0.25, -0.2) is 0 Å². The van der Waals surface area contributed by atoms with Gasteiger partial charge in [0.2, 0.25) is 0 Å². The predicted octanol–water partition coefficient (Wildman–Crippen LogP) is 11.0. The van der Waals surface area contributed by atoms with E-state index in [-0.39, 0.29) is 11.9 Å². The molecule has 1 rings (SSSR count). The number of unbranched alkanes of at least 4 members (excludes halogenated alkanes) is 18. The predicted molar refractivity (Wildman–Crippen MR) is 199 cm³/mol. The summed E-state index contributed by atoms with van der Waals surface area (Å²) in [5.41, 5.74) is 1.20. The van der Waals surface area contributed by atoms with E-state index in [1.807, 2.05) is 6.07 Å². The van der Waals surface area contributed by atoms with E-state index >= 15 is 0 Å². The van der Waals surface area contributed by atoms with Gasteiger partial charge in [0.1, 0.15) is 11.5 Å². The molecule has 0 spiro atoms. The lowest BCUT2D eigenvalue weighted by Crippen LogP contribution is -2.11. The minimum Gasteiger partial charge on any atom is -0.493 e. The van der Waals surface area contributed by atoms with Crippen LogP contribution >= 0.6 is 0 Å². The first-order valence-corrected chi connectivity index (χ1v) is 19.8. The molecule has 7 heteroatoms. The second-order valence-corrected chi connectivity index (χ2v) is 13.8. The van der Waals surface area contributed by atoms with Gasteiger partial charge >= 0.3 is 11.9 Å². The second kappa shape index (κ2) is 32.0. The van der Waals surface area contributed by atoms with E-state index in [2.05, 4.69) is 45.0 Å². The molecule has 0 atom stereocenters. The van der Waals surface area contributed by atoms with Crippen molar-refractivity contribution < 1.29 is 28.5 Å². The lowest BCUT2D eigenvalue weighted by atomic mass is 10.1. The normalized spacial score (nSPS) is 11.2. The Morgan fingerprint density at radius 3 is 1.23 bits per heavy atom. The van der Waals surface area contributed by atoms with Gasteiger partial charge in [0.05, 0.1) is 26.4 Å². The van der Waals surface area contributed by atoms with Crippen LogP contribution in [0.25, 0.3) is 0 Å². The standard InChI is InChI=1S/C41H73NO6/c1-5-7-9-15-21-27-40(43)47-31-25-19-13-11-17-23-29-45-38-33-37(36-42(3)4)34-39(35-38)46-30-24-18-12-14-20-26-32-48-41(44)28-22-16-10-8-6-2/h33-35H,5-32,36H2,1-4H3. The van der Waals surface area contributed by atoms with E-state index in [9.17, 15) is 9.59 Å². The van der Waals surface area contributed by atoms with Crippen molar-refractivity contribution in [3.8, 4) is 11.5 Å². The number of hydrogen-bond acceptors (Lipinski definition) is 7. The summed E-state index contributed by atoms with van der Waals surface area (Å²) in [6, 6.07) is 6.28. The van der Waals surface area contributed by atoms with Crippen molar-refractivity contribution in [2.75, 3.05) is 40.5 Å². The number of carbonyl (C=O) groups excluding carboxylic acids is 2. The van der Waals surface area contributed by atoms with Crippen LogP contribution in [0.1, 0.15) is 174 Å². The third-order valence-electron chi connectivity index (χ3n) is 8.55. The van der Waals surface area contributed by atoms with E-state index in [4.69, 9.17) is 18.9 Å². The molecule has 0 heterocycles. The first-order valence-electron chi connectivity index (χ1n) is 19.8. The topological polar surface area (TPSA) is 74.3 Å². The Hall–Kier alpha value is -2.28. The molecule has 1 aromatic carbocycles. The smallest absolute Gasteiger partial charge is 0.305 e. The Morgan fingerprint density at radius 1 is 0.479 bits per heavy atom. The molecule has 48 heavy (non-hydrogen) atoms. The maximum absolute atomic E-state index is 11.8. The van der Waals surface area contributed by atoms with Crippen LogP contribution < -0.4 is 9.47 Å². The van der Waals surface area contributed by atoms with Crippen molar-refractivity contribution in [3.63, 3.8) is 0 Å². The first-order chi connectivity index (χ1) is 23.4. The van der Waals surface area contributed by atoms with Crippen LogP contribution in [-0.2, 0) is 25.6 Å². The zero-order valence-electron chi connectivity index (χ0n) is 31.6. The SMILES string of the molecule is CCCCCCCC(=O)OCCCCCCCCOc1cc(CN(C)C)cc(OCCCCCCCCOC(=O)CCCCCCC)c1. The van der Waals surface area contributed by atoms with Crippen LogP contribution in [0, 0.1) is 0 Å². The average Bonchev–Trinajstić information content (AvgIpc) is 3.06. The number of ether oxygens (including phenoxy) is 4. The summed E-state index contributed by atoms with van der Waals surface area (Å²) >= 11 is 0. The molecule has 7 nitrogen and oxygen atoms in total. The summed E-state index contributed by atoms with van der Waals surface area (Å²) < 4.78 is 23.1. The third-order valence-corrected chi connectivity index (χ3v) is 8.55. The van der Waals surface area contributed by atoms with Crippen molar-refractivity contribution in [2.45, 2.75) is 174 Å².